The summed E-state index contributed by atoms with van der Waals surface area (Å²) in [6.07, 6.45) is 8.55. The normalized spacial score (nSPS) is 18.6. The molecule has 3 rings (SSSR count). The van der Waals surface area contributed by atoms with E-state index in [1.165, 1.54) is 32.4 Å². The van der Waals surface area contributed by atoms with Crippen LogP contribution in [0.5, 0.6) is 0 Å². The van der Waals surface area contributed by atoms with Crippen LogP contribution in [0.4, 0.5) is 17.6 Å². The molecule has 3 heterocycles. The van der Waals surface area contributed by atoms with Gasteiger partial charge in [0.25, 0.3) is 0 Å². The first kappa shape index (κ1) is 19.9. The van der Waals surface area contributed by atoms with Gasteiger partial charge in [0.2, 0.25) is 11.9 Å². The molecule has 0 radical (unpaired) electrons. The van der Waals surface area contributed by atoms with Gasteiger partial charge in [-0.2, -0.15) is 9.97 Å². The molecule has 0 spiro atoms. The Balaban J connectivity index is 1.59. The van der Waals surface area contributed by atoms with Gasteiger partial charge >= 0.3 is 0 Å². The lowest BCUT2D eigenvalue weighted by Gasteiger charge is -2.26. The average Bonchev–Trinajstić information content (AvgIpc) is 2.96. The van der Waals surface area contributed by atoms with Gasteiger partial charge < -0.3 is 16.0 Å². The molecular weight excluding hydrogens is 340 g/mol. The van der Waals surface area contributed by atoms with Crippen LogP contribution in [-0.2, 0) is 11.2 Å². The largest absolute Gasteiger partial charge is 0.383 e. The smallest absolute Gasteiger partial charge is 0.232 e. The Hall–Kier alpha value is -1.89. The van der Waals surface area contributed by atoms with Crippen LogP contribution in [-0.4, -0.2) is 53.0 Å². The van der Waals surface area contributed by atoms with E-state index < -0.39 is 0 Å². The molecule has 7 heteroatoms. The molecule has 1 fully saturated rings. The Kier molecular flexibility index (Phi) is 6.88. The molecule has 1 saturated heterocycles. The summed E-state index contributed by atoms with van der Waals surface area (Å²) >= 11 is 0. The predicted molar refractivity (Wildman–Crippen MR) is 110 cm³/mol. The van der Waals surface area contributed by atoms with Gasteiger partial charge in [-0.05, 0) is 58.7 Å². The summed E-state index contributed by atoms with van der Waals surface area (Å²) < 4.78 is 0. The molecule has 1 aromatic rings. The van der Waals surface area contributed by atoms with E-state index in [1.807, 2.05) is 0 Å². The maximum atomic E-state index is 12.5. The molecule has 3 N–H and O–H groups in total. The molecule has 0 aliphatic carbocycles. The summed E-state index contributed by atoms with van der Waals surface area (Å²) in [6.45, 7) is 8.54. The molecule has 0 unspecified atom stereocenters. The lowest BCUT2D eigenvalue weighted by atomic mass is 10.1. The second-order valence-electron chi connectivity index (χ2n) is 7.90. The van der Waals surface area contributed by atoms with E-state index in [0.717, 1.165) is 37.8 Å². The minimum atomic E-state index is 0.0859. The number of nitrogen functional groups attached to an aromatic ring is 1. The van der Waals surface area contributed by atoms with Gasteiger partial charge in [0.05, 0.1) is 6.42 Å². The van der Waals surface area contributed by atoms with E-state index in [2.05, 4.69) is 34.0 Å². The summed E-state index contributed by atoms with van der Waals surface area (Å²) in [6, 6.07) is 0.280. The van der Waals surface area contributed by atoms with Crippen molar-refractivity contribution in [3.8, 4) is 0 Å². The molecule has 27 heavy (non-hydrogen) atoms. The number of hydrogen-bond acceptors (Lipinski definition) is 6. The van der Waals surface area contributed by atoms with Crippen LogP contribution in [0.2, 0.25) is 0 Å². The number of nitrogens with one attached hydrogen (secondary N) is 1. The molecule has 0 aromatic carbocycles. The van der Waals surface area contributed by atoms with Crippen LogP contribution < -0.4 is 16.0 Å². The Labute approximate surface area is 162 Å². The highest BCUT2D eigenvalue weighted by atomic mass is 16.2. The standard InChI is InChI=1S/C20H34N6O/c1-3-9-15(2)22-20-23-18(21)16-14-17(27)26(19(16)24-20)13-8-7-12-25-10-5-4-6-11-25/h15H,3-14H2,1-2H3,(H3,21,22,23,24)/t15-/m1/s1. The van der Waals surface area contributed by atoms with Gasteiger partial charge in [-0.1, -0.05) is 19.8 Å². The third-order valence-corrected chi connectivity index (χ3v) is 5.55. The van der Waals surface area contributed by atoms with Crippen LogP contribution in [0, 0.1) is 0 Å². The van der Waals surface area contributed by atoms with Crippen molar-refractivity contribution >= 4 is 23.5 Å². The molecule has 2 aliphatic heterocycles. The lowest BCUT2D eigenvalue weighted by Crippen LogP contribution is -2.32. The lowest BCUT2D eigenvalue weighted by molar-refractivity contribution is -0.117. The van der Waals surface area contributed by atoms with E-state index in [1.54, 1.807) is 4.90 Å². The number of fused-ring (bicyclic) bond motifs is 1. The number of piperidine rings is 1. The van der Waals surface area contributed by atoms with Gasteiger partial charge in [-0.15, -0.1) is 0 Å². The first-order chi connectivity index (χ1) is 13.1. The highest BCUT2D eigenvalue weighted by Gasteiger charge is 2.31. The number of carbonyl (C=O) groups excluding carboxylic acids is 1. The summed E-state index contributed by atoms with van der Waals surface area (Å²) in [5.74, 6) is 1.75. The molecule has 1 atom stereocenters. The number of nitrogens with zero attached hydrogens (tertiary/aromatic N) is 4. The van der Waals surface area contributed by atoms with Crippen molar-refractivity contribution in [3.05, 3.63) is 5.56 Å². The molecule has 2 aliphatic rings. The SMILES string of the molecule is CCC[C@@H](C)Nc1nc(N)c2c(n1)N(CCCCN1CCCCC1)C(=O)C2. The fourth-order valence-corrected chi connectivity index (χ4v) is 4.06. The first-order valence-corrected chi connectivity index (χ1v) is 10.5. The number of unbranched alkanes of at least 4 members (excludes halogenated alkanes) is 1. The first-order valence-electron chi connectivity index (χ1n) is 10.5. The number of aromatic nitrogens is 2. The van der Waals surface area contributed by atoms with E-state index in [4.69, 9.17) is 5.73 Å². The van der Waals surface area contributed by atoms with E-state index in [0.29, 0.717) is 30.5 Å². The van der Waals surface area contributed by atoms with Gasteiger partial charge in [-0.25, -0.2) is 0 Å². The predicted octanol–water partition coefficient (Wildman–Crippen LogP) is 2.81. The van der Waals surface area contributed by atoms with E-state index in [9.17, 15) is 4.79 Å². The molecule has 150 valence electrons. The van der Waals surface area contributed by atoms with Gasteiger partial charge in [0.15, 0.2) is 0 Å². The highest BCUT2D eigenvalue weighted by molar-refractivity contribution is 6.01. The summed E-state index contributed by atoms with van der Waals surface area (Å²) in [5.41, 5.74) is 6.90. The van der Waals surface area contributed by atoms with Crippen molar-refractivity contribution in [1.82, 2.24) is 14.9 Å². The maximum Gasteiger partial charge on any atom is 0.232 e. The quantitative estimate of drug-likeness (QED) is 0.646. The number of amides is 1. The zero-order valence-corrected chi connectivity index (χ0v) is 16.8. The number of rotatable bonds is 9. The fourth-order valence-electron chi connectivity index (χ4n) is 4.06. The van der Waals surface area contributed by atoms with Crippen molar-refractivity contribution in [1.29, 1.82) is 0 Å². The van der Waals surface area contributed by atoms with Crippen LogP contribution in [0.3, 0.4) is 0 Å². The molecular formula is C20H34N6O. The molecule has 7 nitrogen and oxygen atoms in total. The fraction of sp³-hybridized carbons (Fsp3) is 0.750. The van der Waals surface area contributed by atoms with Crippen molar-refractivity contribution < 1.29 is 4.79 Å². The van der Waals surface area contributed by atoms with Gasteiger partial charge in [-0.3, -0.25) is 9.69 Å². The second kappa shape index (κ2) is 9.35. The summed E-state index contributed by atoms with van der Waals surface area (Å²) in [4.78, 5) is 25.8. The number of likely N-dealkylation sites (tertiary alicyclic amines) is 1. The average molecular weight is 375 g/mol. The van der Waals surface area contributed by atoms with Crippen LogP contribution in [0.15, 0.2) is 0 Å². The van der Waals surface area contributed by atoms with E-state index in [-0.39, 0.29) is 11.9 Å². The Morgan fingerprint density at radius 1 is 1.15 bits per heavy atom. The number of nitrogens with two attached hydrogens (primary N) is 1. The van der Waals surface area contributed by atoms with Crippen molar-refractivity contribution in [2.45, 2.75) is 71.3 Å². The third kappa shape index (κ3) is 5.09. The topological polar surface area (TPSA) is 87.4 Å². The van der Waals surface area contributed by atoms with Gasteiger partial charge in [0.1, 0.15) is 11.6 Å². The Morgan fingerprint density at radius 2 is 1.89 bits per heavy atom. The molecule has 0 saturated carbocycles. The second-order valence-corrected chi connectivity index (χ2v) is 7.90. The monoisotopic (exact) mass is 374 g/mol. The van der Waals surface area contributed by atoms with Gasteiger partial charge in [0, 0.05) is 18.2 Å². The summed E-state index contributed by atoms with van der Waals surface area (Å²) in [7, 11) is 0. The van der Waals surface area contributed by atoms with Crippen LogP contribution >= 0.6 is 0 Å². The third-order valence-electron chi connectivity index (χ3n) is 5.55. The number of carbonyl (C=O) groups is 1. The van der Waals surface area contributed by atoms with Crippen molar-refractivity contribution in [2.24, 2.45) is 0 Å². The van der Waals surface area contributed by atoms with E-state index >= 15 is 0 Å². The zero-order valence-electron chi connectivity index (χ0n) is 16.8. The number of hydrogen-bond donors (Lipinski definition) is 2. The Bertz CT molecular complexity index is 644. The zero-order chi connectivity index (χ0) is 19.2. The minimum absolute atomic E-state index is 0.0859. The molecule has 1 aromatic heterocycles. The molecule has 0 bridgehead atoms. The van der Waals surface area contributed by atoms with Crippen LogP contribution in [0.25, 0.3) is 0 Å². The van der Waals surface area contributed by atoms with Crippen LogP contribution in [0.1, 0.15) is 64.4 Å². The van der Waals surface area contributed by atoms with Crippen molar-refractivity contribution in [3.63, 3.8) is 0 Å². The Morgan fingerprint density at radius 3 is 2.63 bits per heavy atom. The maximum absolute atomic E-state index is 12.5. The summed E-state index contributed by atoms with van der Waals surface area (Å²) in [5, 5.41) is 3.31. The highest BCUT2D eigenvalue weighted by Crippen LogP contribution is 2.32. The van der Waals surface area contributed by atoms with Crippen molar-refractivity contribution in [2.75, 3.05) is 42.1 Å². The molecule has 1 amide bonds. The minimum Gasteiger partial charge on any atom is -0.383 e. The number of anilines is 3.